The number of aryl methyl sites for hydroxylation is 1. The van der Waals surface area contributed by atoms with Crippen LogP contribution in [0.15, 0.2) is 48.5 Å². The molecule has 0 saturated carbocycles. The van der Waals surface area contributed by atoms with Gasteiger partial charge < -0.3 is 5.11 Å². The zero-order chi connectivity index (χ0) is 14.8. The molecule has 2 aromatic carbocycles. The first-order valence-corrected chi connectivity index (χ1v) is 7.73. The summed E-state index contributed by atoms with van der Waals surface area (Å²) in [6.45, 7) is 2.29. The summed E-state index contributed by atoms with van der Waals surface area (Å²) in [5.74, 6) is 0.337. The van der Waals surface area contributed by atoms with Crippen LogP contribution in [0, 0.1) is 0 Å². The first kappa shape index (κ1) is 14.2. The third-order valence-electron chi connectivity index (χ3n) is 4.76. The van der Waals surface area contributed by atoms with Crippen LogP contribution in [0.1, 0.15) is 36.1 Å². The molecule has 0 aliphatic heterocycles. The standard InChI is InChI=1S/C19H23NO/c1-14(13-15-7-10-17(21)11-8-15)20(2)19-12-9-16-5-3-4-6-18(16)19/h3-8,10-11,14,19,21H,9,12-13H2,1-2H3. The topological polar surface area (TPSA) is 23.5 Å². The summed E-state index contributed by atoms with van der Waals surface area (Å²) in [4.78, 5) is 2.50. The number of phenols is 1. The minimum atomic E-state index is 0.337. The van der Waals surface area contributed by atoms with E-state index in [2.05, 4.69) is 43.1 Å². The number of nitrogens with zero attached hydrogens (tertiary/aromatic N) is 1. The Balaban J connectivity index is 1.70. The molecule has 0 spiro atoms. The van der Waals surface area contributed by atoms with E-state index in [1.807, 2.05) is 12.1 Å². The molecule has 2 heteroatoms. The highest BCUT2D eigenvalue weighted by Crippen LogP contribution is 2.36. The predicted octanol–water partition coefficient (Wildman–Crippen LogP) is 3.94. The highest BCUT2D eigenvalue weighted by atomic mass is 16.3. The number of rotatable bonds is 4. The first-order chi connectivity index (χ1) is 10.1. The zero-order valence-electron chi connectivity index (χ0n) is 12.8. The fourth-order valence-corrected chi connectivity index (χ4v) is 3.38. The summed E-state index contributed by atoms with van der Waals surface area (Å²) >= 11 is 0. The maximum Gasteiger partial charge on any atom is 0.115 e. The van der Waals surface area contributed by atoms with Gasteiger partial charge in [0.15, 0.2) is 0 Å². The smallest absolute Gasteiger partial charge is 0.115 e. The van der Waals surface area contributed by atoms with Crippen molar-refractivity contribution < 1.29 is 5.11 Å². The van der Waals surface area contributed by atoms with Gasteiger partial charge in [0.2, 0.25) is 0 Å². The SMILES string of the molecule is CC(Cc1ccc(O)cc1)N(C)C1CCc2ccccc21. The van der Waals surface area contributed by atoms with E-state index in [1.165, 1.54) is 29.5 Å². The van der Waals surface area contributed by atoms with Crippen LogP contribution in [0.4, 0.5) is 0 Å². The van der Waals surface area contributed by atoms with Gasteiger partial charge in [-0.05, 0) is 62.1 Å². The molecule has 2 unspecified atom stereocenters. The number of likely N-dealkylation sites (N-methyl/N-ethyl adjacent to an activating group) is 1. The molecular weight excluding hydrogens is 258 g/mol. The van der Waals surface area contributed by atoms with Crippen molar-refractivity contribution in [1.29, 1.82) is 0 Å². The lowest BCUT2D eigenvalue weighted by Gasteiger charge is -2.31. The normalized spacial score (nSPS) is 18.7. The minimum absolute atomic E-state index is 0.337. The molecule has 0 amide bonds. The molecule has 1 N–H and O–H groups in total. The van der Waals surface area contributed by atoms with Gasteiger partial charge in [-0.3, -0.25) is 4.90 Å². The highest BCUT2D eigenvalue weighted by Gasteiger charge is 2.27. The molecule has 2 aromatic rings. The number of aromatic hydroxyl groups is 1. The molecule has 1 aliphatic rings. The second-order valence-electron chi connectivity index (χ2n) is 6.14. The van der Waals surface area contributed by atoms with E-state index in [0.717, 1.165) is 6.42 Å². The third-order valence-corrected chi connectivity index (χ3v) is 4.76. The molecule has 0 radical (unpaired) electrons. The fraction of sp³-hybridized carbons (Fsp3) is 0.368. The van der Waals surface area contributed by atoms with Gasteiger partial charge in [0, 0.05) is 12.1 Å². The lowest BCUT2D eigenvalue weighted by molar-refractivity contribution is 0.183. The number of fused-ring (bicyclic) bond motifs is 1. The van der Waals surface area contributed by atoms with Crippen molar-refractivity contribution in [3.63, 3.8) is 0 Å². The van der Waals surface area contributed by atoms with Crippen molar-refractivity contribution in [2.24, 2.45) is 0 Å². The first-order valence-electron chi connectivity index (χ1n) is 7.73. The third kappa shape index (κ3) is 2.96. The van der Waals surface area contributed by atoms with Crippen LogP contribution >= 0.6 is 0 Å². The largest absolute Gasteiger partial charge is 0.508 e. The Kier molecular flexibility index (Phi) is 3.98. The summed E-state index contributed by atoms with van der Waals surface area (Å²) < 4.78 is 0. The Hall–Kier alpha value is -1.80. The number of hydrogen-bond donors (Lipinski definition) is 1. The quantitative estimate of drug-likeness (QED) is 0.917. The summed E-state index contributed by atoms with van der Waals surface area (Å²) in [5.41, 5.74) is 4.28. The predicted molar refractivity (Wildman–Crippen MR) is 86.5 cm³/mol. The van der Waals surface area contributed by atoms with Crippen LogP contribution in [0.3, 0.4) is 0 Å². The second-order valence-corrected chi connectivity index (χ2v) is 6.14. The molecule has 3 rings (SSSR count). The maximum atomic E-state index is 9.37. The van der Waals surface area contributed by atoms with Gasteiger partial charge in [-0.2, -0.15) is 0 Å². The Bertz CT molecular complexity index is 605. The van der Waals surface area contributed by atoms with E-state index in [9.17, 15) is 5.11 Å². The van der Waals surface area contributed by atoms with Crippen molar-refractivity contribution in [3.8, 4) is 5.75 Å². The summed E-state index contributed by atoms with van der Waals surface area (Å²) in [5, 5.41) is 9.37. The molecule has 0 bridgehead atoms. The van der Waals surface area contributed by atoms with Crippen LogP contribution in [-0.4, -0.2) is 23.1 Å². The average Bonchev–Trinajstić information content (AvgIpc) is 2.92. The molecule has 21 heavy (non-hydrogen) atoms. The van der Waals surface area contributed by atoms with Crippen molar-refractivity contribution in [2.45, 2.75) is 38.3 Å². The molecule has 2 atom stereocenters. The van der Waals surface area contributed by atoms with Crippen molar-refractivity contribution >= 4 is 0 Å². The molecule has 2 nitrogen and oxygen atoms in total. The Morgan fingerprint density at radius 2 is 1.86 bits per heavy atom. The van der Waals surface area contributed by atoms with E-state index in [1.54, 1.807) is 12.1 Å². The molecule has 0 aromatic heterocycles. The Morgan fingerprint density at radius 3 is 2.62 bits per heavy atom. The van der Waals surface area contributed by atoms with Gasteiger partial charge in [-0.25, -0.2) is 0 Å². The van der Waals surface area contributed by atoms with Gasteiger partial charge in [0.05, 0.1) is 0 Å². The van der Waals surface area contributed by atoms with Crippen LogP contribution < -0.4 is 0 Å². The second kappa shape index (κ2) is 5.90. The van der Waals surface area contributed by atoms with Crippen molar-refractivity contribution in [3.05, 3.63) is 65.2 Å². The van der Waals surface area contributed by atoms with Crippen molar-refractivity contribution in [2.75, 3.05) is 7.05 Å². The highest BCUT2D eigenvalue weighted by molar-refractivity contribution is 5.34. The van der Waals surface area contributed by atoms with E-state index in [4.69, 9.17) is 0 Å². The number of hydrogen-bond acceptors (Lipinski definition) is 2. The van der Waals surface area contributed by atoms with Crippen LogP contribution in [0.5, 0.6) is 5.75 Å². The van der Waals surface area contributed by atoms with Crippen LogP contribution in [0.25, 0.3) is 0 Å². The van der Waals surface area contributed by atoms with Crippen LogP contribution in [0.2, 0.25) is 0 Å². The minimum Gasteiger partial charge on any atom is -0.508 e. The van der Waals surface area contributed by atoms with E-state index >= 15 is 0 Å². The molecule has 110 valence electrons. The van der Waals surface area contributed by atoms with Crippen LogP contribution in [-0.2, 0) is 12.8 Å². The molecule has 1 aliphatic carbocycles. The summed E-state index contributed by atoms with van der Waals surface area (Å²) in [6, 6.07) is 17.4. The van der Waals surface area contributed by atoms with Gasteiger partial charge in [-0.1, -0.05) is 36.4 Å². The van der Waals surface area contributed by atoms with E-state index in [0.29, 0.717) is 17.8 Å². The molecular formula is C19H23NO. The van der Waals surface area contributed by atoms with Gasteiger partial charge in [0.1, 0.15) is 5.75 Å². The molecule has 0 saturated heterocycles. The van der Waals surface area contributed by atoms with E-state index in [-0.39, 0.29) is 0 Å². The van der Waals surface area contributed by atoms with Gasteiger partial charge in [-0.15, -0.1) is 0 Å². The van der Waals surface area contributed by atoms with E-state index < -0.39 is 0 Å². The maximum absolute atomic E-state index is 9.37. The average molecular weight is 281 g/mol. The lowest BCUT2D eigenvalue weighted by atomic mass is 10.0. The summed E-state index contributed by atoms with van der Waals surface area (Å²) in [6.07, 6.45) is 3.42. The Morgan fingerprint density at radius 1 is 1.14 bits per heavy atom. The number of phenolic OH excluding ortho intramolecular Hbond substituents is 1. The molecule has 0 heterocycles. The zero-order valence-corrected chi connectivity index (χ0v) is 12.8. The number of benzene rings is 2. The monoisotopic (exact) mass is 281 g/mol. The van der Waals surface area contributed by atoms with Crippen molar-refractivity contribution in [1.82, 2.24) is 4.90 Å². The Labute approximate surface area is 127 Å². The summed E-state index contributed by atoms with van der Waals surface area (Å²) in [7, 11) is 2.23. The van der Waals surface area contributed by atoms with Gasteiger partial charge >= 0.3 is 0 Å². The lowest BCUT2D eigenvalue weighted by Crippen LogP contribution is -2.33. The molecule has 0 fully saturated rings. The van der Waals surface area contributed by atoms with Gasteiger partial charge in [0.25, 0.3) is 0 Å². The fourth-order valence-electron chi connectivity index (χ4n) is 3.38.